The van der Waals surface area contributed by atoms with Crippen molar-refractivity contribution in [1.29, 1.82) is 0 Å². The van der Waals surface area contributed by atoms with Gasteiger partial charge in [-0.05, 0) is 71.5 Å². The number of hydrogen-bond donors (Lipinski definition) is 2. The van der Waals surface area contributed by atoms with Gasteiger partial charge in [-0.15, -0.1) is 0 Å². The Bertz CT molecular complexity index is 962. The van der Waals surface area contributed by atoms with Crippen LogP contribution in [0.15, 0.2) is 34.9 Å². The van der Waals surface area contributed by atoms with Gasteiger partial charge in [0, 0.05) is 29.6 Å². The SMILES string of the molecule is CC(CCC=C(CO)CO)C1C(=O)CC2(C)C3=CCC4C(C)(C)C(=O)CCC4(C)C3=CCC12C. The molecule has 4 heteroatoms. The summed E-state index contributed by atoms with van der Waals surface area (Å²) in [6, 6.07) is 0. The molecule has 188 valence electrons. The van der Waals surface area contributed by atoms with Crippen LogP contribution in [-0.4, -0.2) is 35.0 Å². The fourth-order valence-electron chi connectivity index (χ4n) is 8.53. The Hall–Kier alpha value is -1.52. The van der Waals surface area contributed by atoms with Gasteiger partial charge in [0.25, 0.3) is 0 Å². The van der Waals surface area contributed by atoms with Crippen molar-refractivity contribution < 1.29 is 19.8 Å². The Morgan fingerprint density at radius 3 is 2.41 bits per heavy atom. The van der Waals surface area contributed by atoms with Crippen LogP contribution < -0.4 is 0 Å². The highest BCUT2D eigenvalue weighted by Crippen LogP contribution is 2.70. The van der Waals surface area contributed by atoms with Crippen LogP contribution in [0.5, 0.6) is 0 Å². The first-order valence-corrected chi connectivity index (χ1v) is 13.2. The van der Waals surface area contributed by atoms with Crippen molar-refractivity contribution in [2.24, 2.45) is 39.4 Å². The molecule has 0 bridgehead atoms. The monoisotopic (exact) mass is 468 g/mol. The van der Waals surface area contributed by atoms with Gasteiger partial charge in [-0.1, -0.05) is 59.8 Å². The van der Waals surface area contributed by atoms with Crippen molar-refractivity contribution in [2.75, 3.05) is 13.2 Å². The summed E-state index contributed by atoms with van der Waals surface area (Å²) >= 11 is 0. The molecule has 2 N–H and O–H groups in total. The van der Waals surface area contributed by atoms with E-state index >= 15 is 0 Å². The lowest BCUT2D eigenvalue weighted by atomic mass is 9.44. The minimum Gasteiger partial charge on any atom is -0.392 e. The number of carbonyl (C=O) groups is 2. The first-order chi connectivity index (χ1) is 15.9. The molecule has 34 heavy (non-hydrogen) atoms. The average Bonchev–Trinajstić information content (AvgIpc) is 2.99. The van der Waals surface area contributed by atoms with E-state index in [4.69, 9.17) is 0 Å². The molecule has 4 rings (SSSR count). The van der Waals surface area contributed by atoms with E-state index in [1.807, 2.05) is 6.08 Å². The van der Waals surface area contributed by atoms with Crippen LogP contribution in [0.3, 0.4) is 0 Å². The Balaban J connectivity index is 1.66. The summed E-state index contributed by atoms with van der Waals surface area (Å²) in [6.45, 7) is 13.3. The topological polar surface area (TPSA) is 74.6 Å². The molecule has 0 saturated heterocycles. The molecule has 4 aliphatic rings. The highest BCUT2D eigenvalue weighted by molar-refractivity contribution is 5.88. The molecule has 0 radical (unpaired) electrons. The molecule has 0 spiro atoms. The van der Waals surface area contributed by atoms with Crippen molar-refractivity contribution in [3.63, 3.8) is 0 Å². The van der Waals surface area contributed by atoms with Gasteiger partial charge in [0.05, 0.1) is 13.2 Å². The largest absolute Gasteiger partial charge is 0.392 e. The fraction of sp³-hybridized carbons (Fsp3) is 0.733. The second kappa shape index (κ2) is 8.55. The van der Waals surface area contributed by atoms with Crippen molar-refractivity contribution >= 4 is 11.6 Å². The third-order valence-electron chi connectivity index (χ3n) is 10.9. The molecular weight excluding hydrogens is 424 g/mol. The number of hydrogen-bond acceptors (Lipinski definition) is 4. The molecular formula is C30H44O4. The number of ketones is 2. The van der Waals surface area contributed by atoms with Crippen LogP contribution in [0.25, 0.3) is 0 Å². The highest BCUT2D eigenvalue weighted by Gasteiger charge is 2.65. The molecule has 2 fully saturated rings. The first-order valence-electron chi connectivity index (χ1n) is 13.2. The van der Waals surface area contributed by atoms with Gasteiger partial charge >= 0.3 is 0 Å². The smallest absolute Gasteiger partial charge is 0.138 e. The molecule has 0 aliphatic heterocycles. The summed E-state index contributed by atoms with van der Waals surface area (Å²) in [5.41, 5.74) is 2.84. The molecule has 0 heterocycles. The lowest BCUT2D eigenvalue weighted by Gasteiger charge is -2.59. The van der Waals surface area contributed by atoms with Gasteiger partial charge in [-0.2, -0.15) is 0 Å². The Morgan fingerprint density at radius 1 is 1.09 bits per heavy atom. The van der Waals surface area contributed by atoms with Crippen molar-refractivity contribution in [1.82, 2.24) is 0 Å². The number of Topliss-reactive ketones (excluding diaryl/α,β-unsaturated/α-hetero) is 2. The number of carbonyl (C=O) groups excluding carboxylic acids is 2. The molecule has 6 unspecified atom stereocenters. The summed E-state index contributed by atoms with van der Waals surface area (Å²) < 4.78 is 0. The minimum atomic E-state index is -0.310. The van der Waals surface area contributed by atoms with Gasteiger partial charge < -0.3 is 10.2 Å². The van der Waals surface area contributed by atoms with E-state index < -0.39 is 0 Å². The molecule has 0 aromatic heterocycles. The maximum atomic E-state index is 13.6. The molecule has 0 aromatic carbocycles. The van der Waals surface area contributed by atoms with Crippen molar-refractivity contribution in [2.45, 2.75) is 86.5 Å². The Morgan fingerprint density at radius 2 is 1.76 bits per heavy atom. The van der Waals surface area contributed by atoms with Crippen LogP contribution in [0, 0.1) is 39.4 Å². The number of aliphatic hydroxyl groups excluding tert-OH is 2. The summed E-state index contributed by atoms with van der Waals surface area (Å²) in [5.74, 6) is 1.33. The zero-order chi connectivity index (χ0) is 25.1. The Kier molecular flexibility index (Phi) is 6.43. The zero-order valence-corrected chi connectivity index (χ0v) is 22.0. The lowest BCUT2D eigenvalue weighted by Crippen LogP contribution is -2.53. The summed E-state index contributed by atoms with van der Waals surface area (Å²) in [4.78, 5) is 26.4. The molecule has 2 saturated carbocycles. The standard InChI is InChI=1S/C30H44O4/c1-19(8-7-9-20(17-31)18-32)26-23(33)16-30(6)22-10-11-24-27(2,3)25(34)13-14-28(24,4)21(22)12-15-29(26,30)5/h9-10,12,19,24,26,31-32H,7-8,11,13-18H2,1-6H3. The van der Waals surface area contributed by atoms with Crippen LogP contribution >= 0.6 is 0 Å². The van der Waals surface area contributed by atoms with Gasteiger partial charge in [-0.25, -0.2) is 0 Å². The predicted molar refractivity (Wildman–Crippen MR) is 135 cm³/mol. The summed E-state index contributed by atoms with van der Waals surface area (Å²) in [6.07, 6.45) is 12.4. The van der Waals surface area contributed by atoms with E-state index in [0.717, 1.165) is 32.1 Å². The van der Waals surface area contributed by atoms with Gasteiger partial charge in [0.15, 0.2) is 0 Å². The van der Waals surface area contributed by atoms with Gasteiger partial charge in [0.2, 0.25) is 0 Å². The van der Waals surface area contributed by atoms with Gasteiger partial charge in [0.1, 0.15) is 11.6 Å². The quantitative estimate of drug-likeness (QED) is 0.499. The second-order valence-corrected chi connectivity index (χ2v) is 12.9. The van der Waals surface area contributed by atoms with Crippen LogP contribution in [0.4, 0.5) is 0 Å². The maximum absolute atomic E-state index is 13.6. The number of allylic oxidation sites excluding steroid dienone is 5. The normalized spacial score (nSPS) is 39.4. The Labute approximate surface area is 205 Å². The minimum absolute atomic E-state index is 0.00559. The third-order valence-corrected chi connectivity index (χ3v) is 10.9. The second-order valence-electron chi connectivity index (χ2n) is 12.9. The predicted octanol–water partition coefficient (Wildman–Crippen LogP) is 5.59. The maximum Gasteiger partial charge on any atom is 0.138 e. The molecule has 0 aromatic rings. The van der Waals surface area contributed by atoms with Crippen molar-refractivity contribution in [3.05, 3.63) is 34.9 Å². The van der Waals surface area contributed by atoms with Crippen LogP contribution in [0.1, 0.15) is 86.5 Å². The average molecular weight is 469 g/mol. The summed E-state index contributed by atoms with van der Waals surface area (Å²) in [5, 5.41) is 18.6. The van der Waals surface area contributed by atoms with Crippen LogP contribution in [-0.2, 0) is 9.59 Å². The fourth-order valence-corrected chi connectivity index (χ4v) is 8.53. The molecule has 4 aliphatic carbocycles. The first kappa shape index (κ1) is 25.6. The van der Waals surface area contributed by atoms with E-state index in [1.165, 1.54) is 11.1 Å². The van der Waals surface area contributed by atoms with E-state index in [0.29, 0.717) is 35.9 Å². The van der Waals surface area contributed by atoms with Gasteiger partial charge in [-0.3, -0.25) is 9.59 Å². The van der Waals surface area contributed by atoms with E-state index in [1.54, 1.807) is 0 Å². The lowest BCUT2D eigenvalue weighted by molar-refractivity contribution is -0.138. The highest BCUT2D eigenvalue weighted by atomic mass is 16.3. The molecule has 0 amide bonds. The third kappa shape index (κ3) is 3.46. The van der Waals surface area contributed by atoms with E-state index in [2.05, 4.69) is 53.7 Å². The molecule has 6 atom stereocenters. The van der Waals surface area contributed by atoms with E-state index in [-0.39, 0.29) is 46.7 Å². The van der Waals surface area contributed by atoms with Crippen molar-refractivity contribution in [3.8, 4) is 0 Å². The van der Waals surface area contributed by atoms with E-state index in [9.17, 15) is 19.8 Å². The molecule has 4 nitrogen and oxygen atoms in total. The summed E-state index contributed by atoms with van der Waals surface area (Å²) in [7, 11) is 0. The number of rotatable bonds is 6. The number of aliphatic hydroxyl groups is 2. The van der Waals surface area contributed by atoms with Crippen LogP contribution in [0.2, 0.25) is 0 Å². The number of fused-ring (bicyclic) bond motifs is 5. The zero-order valence-electron chi connectivity index (χ0n) is 22.0.